The Morgan fingerprint density at radius 2 is 1.93 bits per heavy atom. The van der Waals surface area contributed by atoms with Gasteiger partial charge in [-0.25, -0.2) is 4.79 Å². The van der Waals surface area contributed by atoms with Crippen LogP contribution in [0.3, 0.4) is 0 Å². The zero-order chi connectivity index (χ0) is 11.3. The minimum absolute atomic E-state index is 0.0419. The molecule has 1 saturated carbocycles. The molecule has 1 unspecified atom stereocenters. The Bertz CT molecular complexity index is 236. The van der Waals surface area contributed by atoms with Crippen molar-refractivity contribution in [2.75, 3.05) is 0 Å². The van der Waals surface area contributed by atoms with E-state index < -0.39 is 18.1 Å². The van der Waals surface area contributed by atoms with E-state index in [-0.39, 0.29) is 6.10 Å². The Morgan fingerprint density at radius 3 is 2.47 bits per heavy atom. The van der Waals surface area contributed by atoms with Crippen LogP contribution in [-0.4, -0.2) is 29.3 Å². The summed E-state index contributed by atoms with van der Waals surface area (Å²) in [6.45, 7) is 1.41. The SMILES string of the molecule is CC(NC(=O)OC1CCCCC1)C(=O)O. The monoisotopic (exact) mass is 215 g/mol. The normalized spacial score (nSPS) is 19.3. The lowest BCUT2D eigenvalue weighted by molar-refractivity contribution is -0.138. The third kappa shape index (κ3) is 4.18. The van der Waals surface area contributed by atoms with Gasteiger partial charge >= 0.3 is 12.1 Å². The first-order valence-corrected chi connectivity index (χ1v) is 5.29. The molecule has 1 amide bonds. The van der Waals surface area contributed by atoms with Gasteiger partial charge in [0.05, 0.1) is 0 Å². The second kappa shape index (κ2) is 5.58. The molecule has 0 saturated heterocycles. The van der Waals surface area contributed by atoms with Crippen LogP contribution in [0.2, 0.25) is 0 Å². The number of nitrogens with one attached hydrogen (secondary N) is 1. The van der Waals surface area contributed by atoms with Crippen LogP contribution in [0.4, 0.5) is 4.79 Å². The second-order valence-corrected chi connectivity index (χ2v) is 3.87. The van der Waals surface area contributed by atoms with Crippen molar-refractivity contribution in [3.05, 3.63) is 0 Å². The van der Waals surface area contributed by atoms with E-state index in [1.165, 1.54) is 13.3 Å². The molecule has 0 radical (unpaired) electrons. The molecule has 5 nitrogen and oxygen atoms in total. The number of carbonyl (C=O) groups excluding carboxylic acids is 1. The number of carbonyl (C=O) groups is 2. The van der Waals surface area contributed by atoms with Crippen molar-refractivity contribution in [1.29, 1.82) is 0 Å². The summed E-state index contributed by atoms with van der Waals surface area (Å²) in [7, 11) is 0. The average Bonchev–Trinajstić information content (AvgIpc) is 2.18. The maximum Gasteiger partial charge on any atom is 0.408 e. The van der Waals surface area contributed by atoms with Crippen molar-refractivity contribution in [2.24, 2.45) is 0 Å². The number of ether oxygens (including phenoxy) is 1. The average molecular weight is 215 g/mol. The van der Waals surface area contributed by atoms with Crippen LogP contribution in [0.5, 0.6) is 0 Å². The predicted molar refractivity (Wildman–Crippen MR) is 53.6 cm³/mol. The molecule has 5 heteroatoms. The standard InChI is InChI=1S/C10H17NO4/c1-7(9(12)13)11-10(14)15-8-5-3-2-4-6-8/h7-8H,2-6H2,1H3,(H,11,14)(H,12,13). The summed E-state index contributed by atoms with van der Waals surface area (Å²) in [6.07, 6.45) is 4.44. The van der Waals surface area contributed by atoms with Crippen molar-refractivity contribution < 1.29 is 19.4 Å². The van der Waals surface area contributed by atoms with E-state index in [4.69, 9.17) is 9.84 Å². The molecule has 0 aliphatic heterocycles. The number of aliphatic carboxylic acids is 1. The van der Waals surface area contributed by atoms with Gasteiger partial charge < -0.3 is 15.2 Å². The number of carboxylic acids is 1. The van der Waals surface area contributed by atoms with Gasteiger partial charge in [0.25, 0.3) is 0 Å². The number of hydrogen-bond donors (Lipinski definition) is 2. The fourth-order valence-corrected chi connectivity index (χ4v) is 1.61. The topological polar surface area (TPSA) is 75.6 Å². The molecule has 0 bridgehead atoms. The van der Waals surface area contributed by atoms with Gasteiger partial charge in [0.2, 0.25) is 0 Å². The Morgan fingerprint density at radius 1 is 1.33 bits per heavy atom. The van der Waals surface area contributed by atoms with Crippen LogP contribution in [0.1, 0.15) is 39.0 Å². The van der Waals surface area contributed by atoms with Gasteiger partial charge in [0.1, 0.15) is 12.1 Å². The lowest BCUT2D eigenvalue weighted by Crippen LogP contribution is -2.40. The molecule has 86 valence electrons. The van der Waals surface area contributed by atoms with Crippen LogP contribution >= 0.6 is 0 Å². The molecule has 0 heterocycles. The van der Waals surface area contributed by atoms with Crippen LogP contribution in [-0.2, 0) is 9.53 Å². The zero-order valence-electron chi connectivity index (χ0n) is 8.86. The quantitative estimate of drug-likeness (QED) is 0.748. The van der Waals surface area contributed by atoms with Gasteiger partial charge in [-0.2, -0.15) is 0 Å². The first-order chi connectivity index (χ1) is 7.09. The van der Waals surface area contributed by atoms with Gasteiger partial charge in [-0.3, -0.25) is 4.79 Å². The van der Waals surface area contributed by atoms with Crippen molar-refractivity contribution in [1.82, 2.24) is 5.32 Å². The Labute approximate surface area is 88.8 Å². The van der Waals surface area contributed by atoms with Gasteiger partial charge in [-0.15, -0.1) is 0 Å². The third-order valence-electron chi connectivity index (χ3n) is 2.53. The molecular formula is C10H17NO4. The first-order valence-electron chi connectivity index (χ1n) is 5.29. The molecule has 0 aromatic heterocycles. The Kier molecular flexibility index (Phi) is 4.39. The van der Waals surface area contributed by atoms with Gasteiger partial charge in [-0.05, 0) is 32.6 Å². The molecule has 1 aliphatic carbocycles. The number of hydrogen-bond acceptors (Lipinski definition) is 3. The molecule has 1 fully saturated rings. The highest BCUT2D eigenvalue weighted by molar-refractivity contribution is 5.79. The van der Waals surface area contributed by atoms with Gasteiger partial charge in [0, 0.05) is 0 Å². The molecule has 2 N–H and O–H groups in total. The third-order valence-corrected chi connectivity index (χ3v) is 2.53. The molecule has 1 atom stereocenters. The second-order valence-electron chi connectivity index (χ2n) is 3.87. The summed E-state index contributed by atoms with van der Waals surface area (Å²) >= 11 is 0. The number of carboxylic acid groups (broad SMARTS) is 1. The summed E-state index contributed by atoms with van der Waals surface area (Å²) in [5.41, 5.74) is 0. The summed E-state index contributed by atoms with van der Waals surface area (Å²) < 4.78 is 5.10. The zero-order valence-corrected chi connectivity index (χ0v) is 8.86. The van der Waals surface area contributed by atoms with Crippen LogP contribution in [0, 0.1) is 0 Å². The maximum atomic E-state index is 11.2. The molecule has 1 rings (SSSR count). The van der Waals surface area contributed by atoms with Crippen LogP contribution < -0.4 is 5.32 Å². The molecule has 15 heavy (non-hydrogen) atoms. The van der Waals surface area contributed by atoms with E-state index in [0.717, 1.165) is 25.7 Å². The predicted octanol–water partition coefficient (Wildman–Crippen LogP) is 1.52. The summed E-state index contributed by atoms with van der Waals surface area (Å²) in [6, 6.07) is -0.902. The van der Waals surface area contributed by atoms with Gasteiger partial charge in [-0.1, -0.05) is 6.42 Å². The fourth-order valence-electron chi connectivity index (χ4n) is 1.61. The minimum atomic E-state index is -1.06. The summed E-state index contributed by atoms with van der Waals surface area (Å²) in [4.78, 5) is 21.7. The molecule has 0 aromatic rings. The Hall–Kier alpha value is -1.26. The van der Waals surface area contributed by atoms with E-state index >= 15 is 0 Å². The summed E-state index contributed by atoms with van der Waals surface area (Å²) in [5, 5.41) is 10.8. The lowest BCUT2D eigenvalue weighted by Gasteiger charge is -2.22. The smallest absolute Gasteiger partial charge is 0.408 e. The van der Waals surface area contributed by atoms with E-state index in [1.54, 1.807) is 0 Å². The summed E-state index contributed by atoms with van der Waals surface area (Å²) in [5.74, 6) is -1.06. The maximum absolute atomic E-state index is 11.2. The lowest BCUT2D eigenvalue weighted by atomic mass is 9.98. The number of rotatable bonds is 3. The van der Waals surface area contributed by atoms with E-state index in [1.807, 2.05) is 0 Å². The van der Waals surface area contributed by atoms with Crippen LogP contribution in [0.15, 0.2) is 0 Å². The number of amides is 1. The molecular weight excluding hydrogens is 198 g/mol. The largest absolute Gasteiger partial charge is 0.480 e. The van der Waals surface area contributed by atoms with Crippen molar-refractivity contribution in [3.8, 4) is 0 Å². The van der Waals surface area contributed by atoms with E-state index in [2.05, 4.69) is 5.32 Å². The first kappa shape index (κ1) is 11.8. The highest BCUT2D eigenvalue weighted by Gasteiger charge is 2.20. The minimum Gasteiger partial charge on any atom is -0.480 e. The molecule has 0 spiro atoms. The van der Waals surface area contributed by atoms with Gasteiger partial charge in [0.15, 0.2) is 0 Å². The molecule has 1 aliphatic rings. The van der Waals surface area contributed by atoms with E-state index in [9.17, 15) is 9.59 Å². The highest BCUT2D eigenvalue weighted by atomic mass is 16.6. The van der Waals surface area contributed by atoms with E-state index in [0.29, 0.717) is 0 Å². The highest BCUT2D eigenvalue weighted by Crippen LogP contribution is 2.20. The van der Waals surface area contributed by atoms with Crippen LogP contribution in [0.25, 0.3) is 0 Å². The number of alkyl carbamates (subject to hydrolysis) is 1. The van der Waals surface area contributed by atoms with Crippen molar-refractivity contribution in [3.63, 3.8) is 0 Å². The molecule has 0 aromatic carbocycles. The van der Waals surface area contributed by atoms with Crippen molar-refractivity contribution in [2.45, 2.75) is 51.2 Å². The van der Waals surface area contributed by atoms with Crippen molar-refractivity contribution >= 4 is 12.1 Å². The Balaban J connectivity index is 2.25. The fraction of sp³-hybridized carbons (Fsp3) is 0.800.